The normalized spacial score (nSPS) is 21.3. The Morgan fingerprint density at radius 3 is 2.65 bits per heavy atom. The number of hydrogen-bond donors (Lipinski definition) is 1. The third-order valence-corrected chi connectivity index (χ3v) is 3.69. The molecule has 23 heavy (non-hydrogen) atoms. The summed E-state index contributed by atoms with van der Waals surface area (Å²) in [7, 11) is 0. The second-order valence-electron chi connectivity index (χ2n) is 5.17. The monoisotopic (exact) mass is 378 g/mol. The molecule has 2 nitrogen and oxygen atoms in total. The molecule has 0 amide bonds. The van der Waals surface area contributed by atoms with Gasteiger partial charge in [0.05, 0.1) is 0 Å². The van der Waals surface area contributed by atoms with E-state index in [4.69, 9.17) is 4.74 Å². The molecule has 1 aliphatic heterocycles. The van der Waals surface area contributed by atoms with Crippen LogP contribution in [0.15, 0.2) is 85.2 Å². The number of fused-ring (bicyclic) bond motifs is 1. The summed E-state index contributed by atoms with van der Waals surface area (Å²) in [6.45, 7) is 3.64. The molecule has 1 radical (unpaired) electrons. The summed E-state index contributed by atoms with van der Waals surface area (Å²) in [6.07, 6.45) is 7.60. The van der Waals surface area contributed by atoms with Crippen molar-refractivity contribution in [2.75, 3.05) is 0 Å². The zero-order valence-electron chi connectivity index (χ0n) is 12.8. The molecule has 2 aromatic rings. The fourth-order valence-corrected chi connectivity index (χ4v) is 2.65. The molecule has 3 rings (SSSR count). The molecule has 113 valence electrons. The second-order valence-corrected chi connectivity index (χ2v) is 5.17. The van der Waals surface area contributed by atoms with Crippen LogP contribution in [0.1, 0.15) is 17.5 Å². The molecule has 1 aliphatic rings. The first-order chi connectivity index (χ1) is 10.7. The molecule has 0 saturated carbocycles. The van der Waals surface area contributed by atoms with Crippen molar-refractivity contribution in [2.45, 2.75) is 12.0 Å². The first-order valence-electron chi connectivity index (χ1n) is 7.19. The molecule has 0 bridgehead atoms. The van der Waals surface area contributed by atoms with E-state index in [1.165, 1.54) is 0 Å². The van der Waals surface area contributed by atoms with Crippen LogP contribution in [0.2, 0.25) is 0 Å². The second kappa shape index (κ2) is 7.87. The molecule has 0 fully saturated rings. The van der Waals surface area contributed by atoms with Crippen molar-refractivity contribution in [2.24, 2.45) is 0 Å². The molecule has 1 heterocycles. The van der Waals surface area contributed by atoms with Gasteiger partial charge in [0.2, 0.25) is 0 Å². The topological polar surface area (TPSA) is 29.5 Å². The number of rotatable bonds is 3. The minimum Gasteiger partial charge on any atom is -0.461 e. The van der Waals surface area contributed by atoms with Crippen LogP contribution in [0.3, 0.4) is 0 Å². The van der Waals surface area contributed by atoms with Gasteiger partial charge in [-0.05, 0) is 12.1 Å². The van der Waals surface area contributed by atoms with Crippen LogP contribution < -0.4 is 4.74 Å². The van der Waals surface area contributed by atoms with Gasteiger partial charge in [-0.2, -0.15) is 30.3 Å². The van der Waals surface area contributed by atoms with Gasteiger partial charge in [0.1, 0.15) is 17.1 Å². The van der Waals surface area contributed by atoms with Crippen LogP contribution in [0.5, 0.6) is 5.75 Å². The first-order valence-corrected chi connectivity index (χ1v) is 7.19. The minimum absolute atomic E-state index is 0. The molecule has 1 atom stereocenters. The van der Waals surface area contributed by atoms with Gasteiger partial charge in [-0.1, -0.05) is 43.0 Å². The van der Waals surface area contributed by atoms with E-state index in [0.29, 0.717) is 17.9 Å². The summed E-state index contributed by atoms with van der Waals surface area (Å²) < 4.78 is 5.90. The number of benzene rings is 2. The molecule has 0 aromatic heterocycles. The first kappa shape index (κ1) is 17.9. The smallest absolute Gasteiger partial charge is 0.133 e. The molecule has 1 N–H and O–H groups in total. The third kappa shape index (κ3) is 3.72. The number of aliphatic hydroxyl groups is 1. The predicted octanol–water partition coefficient (Wildman–Crippen LogP) is 4.13. The van der Waals surface area contributed by atoms with E-state index in [1.54, 1.807) is 6.08 Å². The van der Waals surface area contributed by atoms with Gasteiger partial charge in [-0.25, -0.2) is 0 Å². The van der Waals surface area contributed by atoms with Crippen molar-refractivity contribution >= 4 is 0 Å². The minimum atomic E-state index is -1.13. The van der Waals surface area contributed by atoms with Gasteiger partial charge in [-0.15, -0.1) is 5.56 Å². The molecular weight excluding hydrogens is 361 g/mol. The molecular formula is C20H17O2Y-. The SMILES string of the molecule is C=C/C=C\C=C1/CC(O)(c2[c-]cccc2)c2ccccc2O1.[Y]. The van der Waals surface area contributed by atoms with E-state index < -0.39 is 5.60 Å². The van der Waals surface area contributed by atoms with Crippen molar-refractivity contribution in [1.29, 1.82) is 0 Å². The van der Waals surface area contributed by atoms with Crippen LogP contribution in [-0.4, -0.2) is 5.11 Å². The van der Waals surface area contributed by atoms with Crippen molar-refractivity contribution < 1.29 is 42.6 Å². The summed E-state index contributed by atoms with van der Waals surface area (Å²) in [6, 6.07) is 18.2. The van der Waals surface area contributed by atoms with Gasteiger partial charge in [0.15, 0.2) is 0 Å². The molecule has 0 saturated heterocycles. The Morgan fingerprint density at radius 2 is 1.91 bits per heavy atom. The Balaban J connectivity index is 0.00000192. The molecule has 0 spiro atoms. The van der Waals surface area contributed by atoms with E-state index in [-0.39, 0.29) is 32.7 Å². The van der Waals surface area contributed by atoms with Crippen LogP contribution in [0.25, 0.3) is 0 Å². The van der Waals surface area contributed by atoms with Crippen LogP contribution in [-0.2, 0) is 38.3 Å². The van der Waals surface area contributed by atoms with Crippen molar-refractivity contribution in [3.05, 3.63) is 102 Å². The van der Waals surface area contributed by atoms with E-state index in [1.807, 2.05) is 66.8 Å². The van der Waals surface area contributed by atoms with Gasteiger partial charge < -0.3 is 9.84 Å². The standard InChI is InChI=1S/C20H17O2.Y/c1-2-3-5-12-17-15-20(21,16-10-6-4-7-11-16)18-13-8-9-14-19(18)22-17;/h2-10,12-14,21H,1,15H2;/q-1;/b5-3-,17-12+;. The maximum Gasteiger partial charge on any atom is 0.133 e. The molecule has 0 aliphatic carbocycles. The Morgan fingerprint density at radius 1 is 1.13 bits per heavy atom. The summed E-state index contributed by atoms with van der Waals surface area (Å²) in [5, 5.41) is 11.3. The fraction of sp³-hybridized carbons (Fsp3) is 0.100. The zero-order chi connectivity index (χ0) is 15.4. The Bertz CT molecular complexity index is 734. The van der Waals surface area contributed by atoms with Crippen molar-refractivity contribution in [1.82, 2.24) is 0 Å². The number of hydrogen-bond acceptors (Lipinski definition) is 2. The number of ether oxygens (including phenoxy) is 1. The largest absolute Gasteiger partial charge is 0.461 e. The Labute approximate surface area is 162 Å². The van der Waals surface area contributed by atoms with Gasteiger partial charge in [-0.3, -0.25) is 0 Å². The summed E-state index contributed by atoms with van der Waals surface area (Å²) in [5.74, 6) is 1.38. The third-order valence-electron chi connectivity index (χ3n) is 3.69. The van der Waals surface area contributed by atoms with Crippen LogP contribution in [0, 0.1) is 6.07 Å². The molecule has 2 aromatic carbocycles. The summed E-state index contributed by atoms with van der Waals surface area (Å²) in [5.41, 5.74) is 0.371. The quantitative estimate of drug-likeness (QED) is 0.643. The van der Waals surface area contributed by atoms with E-state index >= 15 is 0 Å². The molecule has 3 heteroatoms. The van der Waals surface area contributed by atoms with Crippen molar-refractivity contribution in [3.8, 4) is 5.75 Å². The number of para-hydroxylation sites is 1. The fourth-order valence-electron chi connectivity index (χ4n) is 2.65. The Kier molecular flexibility index (Phi) is 6.12. The maximum absolute atomic E-state index is 11.3. The summed E-state index contributed by atoms with van der Waals surface area (Å²) in [4.78, 5) is 0. The molecule has 1 unspecified atom stereocenters. The number of allylic oxidation sites excluding steroid dienone is 4. The maximum atomic E-state index is 11.3. The zero-order valence-corrected chi connectivity index (χ0v) is 15.6. The van der Waals surface area contributed by atoms with Crippen LogP contribution in [0.4, 0.5) is 0 Å². The predicted molar refractivity (Wildman–Crippen MR) is 87.4 cm³/mol. The average Bonchev–Trinajstić information content (AvgIpc) is 2.56. The van der Waals surface area contributed by atoms with Crippen molar-refractivity contribution in [3.63, 3.8) is 0 Å². The van der Waals surface area contributed by atoms with Gasteiger partial charge >= 0.3 is 0 Å². The van der Waals surface area contributed by atoms with E-state index in [0.717, 1.165) is 11.1 Å². The average molecular weight is 378 g/mol. The van der Waals surface area contributed by atoms with Gasteiger partial charge in [0, 0.05) is 44.7 Å². The summed E-state index contributed by atoms with van der Waals surface area (Å²) >= 11 is 0. The Hall–Kier alpha value is -1.48. The van der Waals surface area contributed by atoms with E-state index in [9.17, 15) is 5.11 Å². The van der Waals surface area contributed by atoms with Gasteiger partial charge in [0.25, 0.3) is 0 Å². The van der Waals surface area contributed by atoms with E-state index in [2.05, 4.69) is 12.6 Å². The van der Waals surface area contributed by atoms with Crippen LogP contribution >= 0.6 is 0 Å².